The number of sulfonamides is 1. The summed E-state index contributed by atoms with van der Waals surface area (Å²) in [4.78, 5) is 7.36. The van der Waals surface area contributed by atoms with Crippen molar-refractivity contribution >= 4 is 10.0 Å². The lowest BCUT2D eigenvalue weighted by molar-refractivity contribution is 0.245. The fourth-order valence-electron chi connectivity index (χ4n) is 3.95. The topological polar surface area (TPSA) is 67.2 Å². The normalized spacial score (nSPS) is 22.4. The molecule has 6 nitrogen and oxygen atoms in total. The Labute approximate surface area is 139 Å². The van der Waals surface area contributed by atoms with Crippen LogP contribution in [0.5, 0.6) is 0 Å². The molecule has 1 aromatic rings. The number of aryl methyl sites for hydroxylation is 1. The van der Waals surface area contributed by atoms with Gasteiger partial charge in [0.25, 0.3) is 0 Å². The van der Waals surface area contributed by atoms with Crippen LogP contribution in [0.2, 0.25) is 0 Å². The van der Waals surface area contributed by atoms with Crippen molar-refractivity contribution in [1.82, 2.24) is 19.2 Å². The van der Waals surface area contributed by atoms with Crippen LogP contribution in [0, 0.1) is 0 Å². The number of imidazole rings is 1. The molecule has 0 amide bonds. The van der Waals surface area contributed by atoms with E-state index in [2.05, 4.69) is 21.2 Å². The van der Waals surface area contributed by atoms with E-state index in [4.69, 9.17) is 4.98 Å². The third-order valence-electron chi connectivity index (χ3n) is 5.24. The Morgan fingerprint density at radius 1 is 1.26 bits per heavy atom. The Kier molecular flexibility index (Phi) is 5.08. The highest BCUT2D eigenvalue weighted by Crippen LogP contribution is 2.33. The molecular weight excluding hydrogens is 312 g/mol. The predicted octanol–water partition coefficient (Wildman–Crippen LogP) is 1.38. The van der Waals surface area contributed by atoms with E-state index in [-0.39, 0.29) is 5.75 Å². The van der Waals surface area contributed by atoms with Crippen LogP contribution in [0.1, 0.15) is 55.4 Å². The van der Waals surface area contributed by atoms with Crippen LogP contribution in [-0.4, -0.2) is 48.8 Å². The average Bonchev–Trinajstić information content (AvgIpc) is 3.12. The Bertz CT molecular complexity index is 653. The SMILES string of the molecule is CNS(=O)(=O)CCCN1CCC[C@H]1c1nc2c(n1C)CCCC2. The second-order valence-electron chi connectivity index (χ2n) is 6.70. The molecule has 0 saturated carbocycles. The summed E-state index contributed by atoms with van der Waals surface area (Å²) in [5.41, 5.74) is 2.70. The van der Waals surface area contributed by atoms with Crippen molar-refractivity contribution in [3.63, 3.8) is 0 Å². The van der Waals surface area contributed by atoms with Gasteiger partial charge in [0.1, 0.15) is 5.82 Å². The van der Waals surface area contributed by atoms with Crippen molar-refractivity contribution in [1.29, 1.82) is 0 Å². The standard InChI is InChI=1S/C16H28N4O2S/c1-17-23(21,22)12-6-11-20-10-5-9-15(20)16-18-13-7-3-4-8-14(13)19(16)2/h15,17H,3-12H2,1-2H3/t15-/m0/s1. The first-order chi connectivity index (χ1) is 11.0. The molecule has 2 heterocycles. The molecule has 1 fully saturated rings. The van der Waals surface area contributed by atoms with Crippen LogP contribution in [0.3, 0.4) is 0 Å². The maximum atomic E-state index is 11.6. The number of nitrogens with one attached hydrogen (secondary N) is 1. The fraction of sp³-hybridized carbons (Fsp3) is 0.812. The lowest BCUT2D eigenvalue weighted by Gasteiger charge is -2.24. The lowest BCUT2D eigenvalue weighted by Crippen LogP contribution is -2.29. The Balaban J connectivity index is 1.68. The van der Waals surface area contributed by atoms with Crippen molar-refractivity contribution < 1.29 is 8.42 Å². The average molecular weight is 340 g/mol. The van der Waals surface area contributed by atoms with Gasteiger partial charge in [-0.1, -0.05) is 0 Å². The number of fused-ring (bicyclic) bond motifs is 1. The minimum absolute atomic E-state index is 0.198. The minimum Gasteiger partial charge on any atom is -0.334 e. The first kappa shape index (κ1) is 16.9. The van der Waals surface area contributed by atoms with Crippen LogP contribution in [0.4, 0.5) is 0 Å². The molecule has 1 aliphatic carbocycles. The van der Waals surface area contributed by atoms with Gasteiger partial charge in [0.15, 0.2) is 0 Å². The van der Waals surface area contributed by atoms with Crippen molar-refractivity contribution in [3.8, 4) is 0 Å². The van der Waals surface area contributed by atoms with Crippen molar-refractivity contribution in [2.75, 3.05) is 25.9 Å². The maximum absolute atomic E-state index is 11.6. The Morgan fingerprint density at radius 3 is 2.78 bits per heavy atom. The molecular formula is C16H28N4O2S. The van der Waals surface area contributed by atoms with Crippen molar-refractivity contribution in [2.45, 2.75) is 51.0 Å². The highest BCUT2D eigenvalue weighted by molar-refractivity contribution is 7.89. The molecule has 0 unspecified atom stereocenters. The minimum atomic E-state index is -3.10. The van der Waals surface area contributed by atoms with Crippen LogP contribution >= 0.6 is 0 Å². The summed E-state index contributed by atoms with van der Waals surface area (Å²) in [7, 11) is 0.525. The summed E-state index contributed by atoms with van der Waals surface area (Å²) >= 11 is 0. The van der Waals surface area contributed by atoms with E-state index in [1.54, 1.807) is 0 Å². The molecule has 23 heavy (non-hydrogen) atoms. The molecule has 1 aromatic heterocycles. The summed E-state index contributed by atoms with van der Waals surface area (Å²) in [5.74, 6) is 1.38. The lowest BCUT2D eigenvalue weighted by atomic mass is 10.0. The maximum Gasteiger partial charge on any atom is 0.211 e. The van der Waals surface area contributed by atoms with E-state index >= 15 is 0 Å². The molecule has 130 valence electrons. The molecule has 1 saturated heterocycles. The van der Waals surface area contributed by atoms with E-state index < -0.39 is 10.0 Å². The van der Waals surface area contributed by atoms with Gasteiger partial charge in [-0.2, -0.15) is 0 Å². The highest BCUT2D eigenvalue weighted by Gasteiger charge is 2.31. The van der Waals surface area contributed by atoms with Gasteiger partial charge in [-0.25, -0.2) is 18.1 Å². The van der Waals surface area contributed by atoms with Gasteiger partial charge in [0.05, 0.1) is 17.5 Å². The summed E-state index contributed by atoms with van der Waals surface area (Å²) < 4.78 is 27.8. The van der Waals surface area contributed by atoms with Crippen LogP contribution in [-0.2, 0) is 29.9 Å². The first-order valence-corrected chi connectivity index (χ1v) is 10.4. The summed E-state index contributed by atoms with van der Waals surface area (Å²) in [5, 5.41) is 0. The van der Waals surface area contributed by atoms with Crippen molar-refractivity contribution in [3.05, 3.63) is 17.2 Å². The fourth-order valence-corrected chi connectivity index (χ4v) is 4.66. The van der Waals surface area contributed by atoms with E-state index in [0.717, 1.165) is 32.4 Å². The second-order valence-corrected chi connectivity index (χ2v) is 8.75. The summed E-state index contributed by atoms with van der Waals surface area (Å²) in [6, 6.07) is 0.350. The van der Waals surface area contributed by atoms with E-state index in [1.807, 2.05) is 0 Å². The molecule has 2 aliphatic rings. The molecule has 0 spiro atoms. The Morgan fingerprint density at radius 2 is 2.04 bits per heavy atom. The van der Waals surface area contributed by atoms with Gasteiger partial charge in [-0.15, -0.1) is 0 Å². The quantitative estimate of drug-likeness (QED) is 0.849. The van der Waals surface area contributed by atoms with Crippen molar-refractivity contribution in [2.24, 2.45) is 7.05 Å². The number of nitrogens with zero attached hydrogens (tertiary/aromatic N) is 3. The molecule has 0 bridgehead atoms. The number of aromatic nitrogens is 2. The van der Waals surface area contributed by atoms with Gasteiger partial charge in [0, 0.05) is 12.7 Å². The summed E-state index contributed by atoms with van der Waals surface area (Å²) in [6.45, 7) is 1.87. The largest absolute Gasteiger partial charge is 0.334 e. The van der Waals surface area contributed by atoms with Gasteiger partial charge in [-0.05, 0) is 65.1 Å². The third-order valence-corrected chi connectivity index (χ3v) is 6.69. The number of likely N-dealkylation sites (tertiary alicyclic amines) is 1. The Hall–Kier alpha value is -0.920. The second kappa shape index (κ2) is 6.91. The molecule has 3 rings (SSSR count). The van der Waals surface area contributed by atoms with E-state index in [9.17, 15) is 8.42 Å². The summed E-state index contributed by atoms with van der Waals surface area (Å²) in [6.07, 6.45) is 7.73. The van der Waals surface area contributed by atoms with Gasteiger partial charge in [-0.3, -0.25) is 4.90 Å². The predicted molar refractivity (Wildman–Crippen MR) is 90.9 cm³/mol. The zero-order valence-corrected chi connectivity index (χ0v) is 15.0. The van der Waals surface area contributed by atoms with E-state index in [0.29, 0.717) is 12.5 Å². The monoisotopic (exact) mass is 340 g/mol. The number of rotatable bonds is 6. The molecule has 7 heteroatoms. The van der Waals surface area contributed by atoms with E-state index in [1.165, 1.54) is 43.5 Å². The molecule has 1 aliphatic heterocycles. The molecule has 0 aromatic carbocycles. The zero-order chi connectivity index (χ0) is 16.4. The molecule has 0 radical (unpaired) electrons. The van der Waals surface area contributed by atoms with Gasteiger partial charge in [0.2, 0.25) is 10.0 Å². The van der Waals surface area contributed by atoms with Crippen LogP contribution in [0.25, 0.3) is 0 Å². The zero-order valence-electron chi connectivity index (χ0n) is 14.2. The number of hydrogen-bond donors (Lipinski definition) is 1. The first-order valence-electron chi connectivity index (χ1n) is 8.71. The van der Waals surface area contributed by atoms with Gasteiger partial charge >= 0.3 is 0 Å². The molecule has 1 N–H and O–H groups in total. The smallest absolute Gasteiger partial charge is 0.211 e. The van der Waals surface area contributed by atoms with Crippen LogP contribution < -0.4 is 4.72 Å². The highest BCUT2D eigenvalue weighted by atomic mass is 32.2. The number of hydrogen-bond acceptors (Lipinski definition) is 4. The third kappa shape index (κ3) is 3.61. The van der Waals surface area contributed by atoms with Gasteiger partial charge < -0.3 is 4.57 Å². The molecule has 1 atom stereocenters. The van der Waals surface area contributed by atoms with Crippen LogP contribution in [0.15, 0.2) is 0 Å².